The van der Waals surface area contributed by atoms with E-state index in [0.29, 0.717) is 16.5 Å². The molecule has 0 amide bonds. The van der Waals surface area contributed by atoms with Gasteiger partial charge in [0.1, 0.15) is 12.0 Å². The molecule has 2 aromatic heterocycles. The molecule has 0 unspecified atom stereocenters. The average molecular weight is 263 g/mol. The number of halogens is 3. The lowest BCUT2D eigenvalue weighted by atomic mass is 10.1. The van der Waals surface area contributed by atoms with Crippen molar-refractivity contribution in [3.63, 3.8) is 0 Å². The summed E-state index contributed by atoms with van der Waals surface area (Å²) in [5, 5.41) is 0.402. The van der Waals surface area contributed by atoms with Gasteiger partial charge < -0.3 is 4.57 Å². The van der Waals surface area contributed by atoms with Crippen LogP contribution in [0.1, 0.15) is 0 Å². The van der Waals surface area contributed by atoms with Crippen LogP contribution in [0.5, 0.6) is 0 Å². The number of hydrogen-bond acceptors (Lipinski definition) is 2. The van der Waals surface area contributed by atoms with E-state index in [2.05, 4.69) is 9.97 Å². The summed E-state index contributed by atoms with van der Waals surface area (Å²) in [6.45, 7) is 0. The monoisotopic (exact) mass is 263 g/mol. The first kappa shape index (κ1) is 11.7. The zero-order chi connectivity index (χ0) is 13.6. The first-order chi connectivity index (χ1) is 9.08. The van der Waals surface area contributed by atoms with Gasteiger partial charge in [-0.05, 0) is 6.07 Å². The number of rotatable bonds is 1. The Morgan fingerprint density at radius 2 is 1.79 bits per heavy atom. The van der Waals surface area contributed by atoms with E-state index in [1.54, 1.807) is 17.8 Å². The van der Waals surface area contributed by atoms with Gasteiger partial charge in [-0.2, -0.15) is 0 Å². The summed E-state index contributed by atoms with van der Waals surface area (Å²) in [6.07, 6.45) is 3.81. The van der Waals surface area contributed by atoms with Gasteiger partial charge in [0.05, 0.1) is 11.7 Å². The molecular formula is C13H8F3N3. The van der Waals surface area contributed by atoms with E-state index >= 15 is 0 Å². The highest BCUT2D eigenvalue weighted by atomic mass is 19.2. The Kier molecular flexibility index (Phi) is 2.51. The Hall–Kier alpha value is -2.37. The van der Waals surface area contributed by atoms with Crippen molar-refractivity contribution in [1.82, 2.24) is 14.5 Å². The molecule has 3 aromatic rings. The maximum absolute atomic E-state index is 13.7. The molecule has 1 aromatic carbocycles. The molecule has 0 spiro atoms. The van der Waals surface area contributed by atoms with Gasteiger partial charge in [0.15, 0.2) is 17.5 Å². The molecule has 0 aliphatic heterocycles. The standard InChI is InChI=1S/C13H8F3N3/c1-19-5-8(13-11(16)4-17-6-18-13)7-2-9(14)10(15)3-12(7)19/h2-6H,1H3. The fourth-order valence-electron chi connectivity index (χ4n) is 2.08. The van der Waals surface area contributed by atoms with Gasteiger partial charge in [-0.1, -0.05) is 0 Å². The van der Waals surface area contributed by atoms with Gasteiger partial charge in [-0.25, -0.2) is 23.1 Å². The molecule has 3 nitrogen and oxygen atoms in total. The molecule has 19 heavy (non-hydrogen) atoms. The lowest BCUT2D eigenvalue weighted by Crippen LogP contribution is -1.90. The summed E-state index contributed by atoms with van der Waals surface area (Å²) in [4.78, 5) is 7.41. The summed E-state index contributed by atoms with van der Waals surface area (Å²) in [5.74, 6) is -2.53. The van der Waals surface area contributed by atoms with Crippen molar-refractivity contribution in [3.8, 4) is 11.3 Å². The van der Waals surface area contributed by atoms with Crippen LogP contribution in [0.25, 0.3) is 22.2 Å². The molecule has 2 heterocycles. The number of aromatic nitrogens is 3. The van der Waals surface area contributed by atoms with Crippen molar-refractivity contribution in [1.29, 1.82) is 0 Å². The lowest BCUT2D eigenvalue weighted by molar-refractivity contribution is 0.510. The zero-order valence-corrected chi connectivity index (χ0v) is 9.86. The maximum Gasteiger partial charge on any atom is 0.167 e. The van der Waals surface area contributed by atoms with Gasteiger partial charge in [0, 0.05) is 30.3 Å². The zero-order valence-electron chi connectivity index (χ0n) is 9.86. The minimum Gasteiger partial charge on any atom is -0.350 e. The highest BCUT2D eigenvalue weighted by Gasteiger charge is 2.16. The molecule has 0 atom stereocenters. The van der Waals surface area contributed by atoms with Crippen molar-refractivity contribution in [3.05, 3.63) is 48.3 Å². The molecular weight excluding hydrogens is 255 g/mol. The lowest BCUT2D eigenvalue weighted by Gasteiger charge is -2.00. The van der Waals surface area contributed by atoms with E-state index < -0.39 is 17.5 Å². The van der Waals surface area contributed by atoms with Crippen molar-refractivity contribution < 1.29 is 13.2 Å². The quantitative estimate of drug-likeness (QED) is 0.675. The number of aryl methyl sites for hydroxylation is 1. The van der Waals surface area contributed by atoms with Crippen LogP contribution in [0.3, 0.4) is 0 Å². The van der Waals surface area contributed by atoms with Crippen molar-refractivity contribution in [2.45, 2.75) is 0 Å². The molecule has 0 aliphatic rings. The Balaban J connectivity index is 2.37. The molecule has 6 heteroatoms. The minimum absolute atomic E-state index is 0.0617. The highest BCUT2D eigenvalue weighted by Crippen LogP contribution is 2.31. The van der Waals surface area contributed by atoms with Gasteiger partial charge in [0.2, 0.25) is 0 Å². The molecule has 0 radical (unpaired) electrons. The minimum atomic E-state index is -0.977. The number of nitrogens with zero attached hydrogens (tertiary/aromatic N) is 3. The van der Waals surface area contributed by atoms with Crippen LogP contribution in [0.2, 0.25) is 0 Å². The number of benzene rings is 1. The second-order valence-electron chi connectivity index (χ2n) is 4.16. The van der Waals surface area contributed by atoms with Crippen LogP contribution >= 0.6 is 0 Å². The summed E-state index contributed by atoms with van der Waals surface area (Å²) in [7, 11) is 1.67. The molecule has 0 N–H and O–H groups in total. The summed E-state index contributed by atoms with van der Waals surface area (Å²) < 4.78 is 41.9. The average Bonchev–Trinajstić information content (AvgIpc) is 2.68. The Bertz CT molecular complexity index is 780. The molecule has 0 fully saturated rings. The normalized spacial score (nSPS) is 11.2. The van der Waals surface area contributed by atoms with Crippen LogP contribution in [0.15, 0.2) is 30.9 Å². The molecule has 96 valence electrons. The third kappa shape index (κ3) is 1.76. The predicted molar refractivity (Wildman–Crippen MR) is 63.8 cm³/mol. The summed E-state index contributed by atoms with van der Waals surface area (Å²) >= 11 is 0. The fraction of sp³-hybridized carbons (Fsp3) is 0.0769. The van der Waals surface area contributed by atoms with Crippen LogP contribution in [0, 0.1) is 17.5 Å². The van der Waals surface area contributed by atoms with E-state index in [1.165, 1.54) is 6.33 Å². The highest BCUT2D eigenvalue weighted by molar-refractivity contribution is 5.95. The summed E-state index contributed by atoms with van der Waals surface area (Å²) in [6, 6.07) is 2.12. The topological polar surface area (TPSA) is 30.7 Å². The smallest absolute Gasteiger partial charge is 0.167 e. The van der Waals surface area contributed by atoms with Gasteiger partial charge in [-0.3, -0.25) is 0 Å². The van der Waals surface area contributed by atoms with E-state index in [9.17, 15) is 13.2 Å². The van der Waals surface area contributed by atoms with E-state index in [1.807, 2.05) is 0 Å². The molecule has 3 rings (SSSR count). The van der Waals surface area contributed by atoms with E-state index in [4.69, 9.17) is 0 Å². The molecule has 0 aliphatic carbocycles. The van der Waals surface area contributed by atoms with Crippen LogP contribution in [-0.2, 0) is 7.05 Å². The summed E-state index contributed by atoms with van der Waals surface area (Å²) in [5.41, 5.74) is 0.926. The Morgan fingerprint density at radius 3 is 2.53 bits per heavy atom. The third-order valence-electron chi connectivity index (χ3n) is 2.95. The SMILES string of the molecule is Cn1cc(-c2ncncc2F)c2cc(F)c(F)cc21. The Labute approximate surface area is 106 Å². The van der Waals surface area contributed by atoms with Gasteiger partial charge in [-0.15, -0.1) is 0 Å². The Morgan fingerprint density at radius 1 is 1.05 bits per heavy atom. The van der Waals surface area contributed by atoms with Crippen LogP contribution < -0.4 is 0 Å². The van der Waals surface area contributed by atoms with E-state index in [0.717, 1.165) is 18.3 Å². The van der Waals surface area contributed by atoms with E-state index in [-0.39, 0.29) is 5.69 Å². The van der Waals surface area contributed by atoms with Gasteiger partial charge in [0.25, 0.3) is 0 Å². The molecule has 0 saturated heterocycles. The second-order valence-corrected chi connectivity index (χ2v) is 4.16. The first-order valence-corrected chi connectivity index (χ1v) is 5.48. The number of fused-ring (bicyclic) bond motifs is 1. The fourth-order valence-corrected chi connectivity index (χ4v) is 2.08. The van der Waals surface area contributed by atoms with Crippen LogP contribution in [0.4, 0.5) is 13.2 Å². The first-order valence-electron chi connectivity index (χ1n) is 5.48. The maximum atomic E-state index is 13.7. The van der Waals surface area contributed by atoms with Crippen molar-refractivity contribution in [2.75, 3.05) is 0 Å². The molecule has 0 bridgehead atoms. The largest absolute Gasteiger partial charge is 0.350 e. The number of hydrogen-bond donors (Lipinski definition) is 0. The van der Waals surface area contributed by atoms with Crippen molar-refractivity contribution >= 4 is 10.9 Å². The van der Waals surface area contributed by atoms with Crippen molar-refractivity contribution in [2.24, 2.45) is 7.05 Å². The second kappa shape index (κ2) is 4.08. The van der Waals surface area contributed by atoms with Gasteiger partial charge >= 0.3 is 0 Å². The predicted octanol–water partition coefficient (Wildman–Crippen LogP) is 3.05. The third-order valence-corrected chi connectivity index (χ3v) is 2.95. The van der Waals surface area contributed by atoms with Crippen LogP contribution in [-0.4, -0.2) is 14.5 Å². The molecule has 0 saturated carbocycles.